The molecule has 0 aromatic carbocycles. The third-order valence-electron chi connectivity index (χ3n) is 3.27. The van der Waals surface area contributed by atoms with E-state index in [1.807, 2.05) is 0 Å². The van der Waals surface area contributed by atoms with Crippen LogP contribution in [0.15, 0.2) is 4.99 Å². The van der Waals surface area contributed by atoms with E-state index in [4.69, 9.17) is 10.5 Å². The number of ether oxygens (including phenoxy) is 1. The predicted octanol–water partition coefficient (Wildman–Crippen LogP) is 2.12. The van der Waals surface area contributed by atoms with Crippen LogP contribution in [0.3, 0.4) is 0 Å². The minimum atomic E-state index is 0. The minimum absolute atomic E-state index is 0. The van der Waals surface area contributed by atoms with Crippen LogP contribution in [0, 0.1) is 5.41 Å². The summed E-state index contributed by atoms with van der Waals surface area (Å²) in [4.78, 5) is 4.44. The average Bonchev–Trinajstić information content (AvgIpc) is 2.14. The maximum atomic E-state index is 5.80. The van der Waals surface area contributed by atoms with Crippen molar-refractivity contribution in [2.75, 3.05) is 20.3 Å². The van der Waals surface area contributed by atoms with Crippen molar-refractivity contribution in [3.05, 3.63) is 0 Å². The standard InChI is InChI=1S/C12H25N3O.HI/c1-10(2)15-11(13)14-9-12(5-4-6-12)7-8-16-3;/h10H,4-9H2,1-3H3,(H3,13,14,15);1H. The Morgan fingerprint density at radius 3 is 2.53 bits per heavy atom. The largest absolute Gasteiger partial charge is 0.385 e. The van der Waals surface area contributed by atoms with Crippen LogP contribution in [0.1, 0.15) is 39.5 Å². The summed E-state index contributed by atoms with van der Waals surface area (Å²) in [6, 6.07) is 0.347. The van der Waals surface area contributed by atoms with E-state index in [9.17, 15) is 0 Å². The normalized spacial score (nSPS) is 18.5. The van der Waals surface area contributed by atoms with E-state index in [2.05, 4.69) is 24.2 Å². The lowest BCUT2D eigenvalue weighted by Crippen LogP contribution is -2.39. The summed E-state index contributed by atoms with van der Waals surface area (Å²) >= 11 is 0. The Labute approximate surface area is 122 Å². The summed E-state index contributed by atoms with van der Waals surface area (Å²) in [6.45, 7) is 5.79. The highest BCUT2D eigenvalue weighted by molar-refractivity contribution is 14.0. The van der Waals surface area contributed by atoms with Crippen LogP contribution < -0.4 is 11.1 Å². The molecule has 1 rings (SSSR count). The maximum absolute atomic E-state index is 5.80. The molecule has 0 atom stereocenters. The first-order chi connectivity index (χ1) is 7.58. The lowest BCUT2D eigenvalue weighted by Gasteiger charge is -2.40. The summed E-state index contributed by atoms with van der Waals surface area (Å²) in [5, 5.41) is 3.12. The van der Waals surface area contributed by atoms with E-state index in [1.54, 1.807) is 7.11 Å². The highest BCUT2D eigenvalue weighted by Crippen LogP contribution is 2.44. The number of halogens is 1. The van der Waals surface area contributed by atoms with Gasteiger partial charge >= 0.3 is 0 Å². The second-order valence-electron chi connectivity index (χ2n) is 5.10. The summed E-state index contributed by atoms with van der Waals surface area (Å²) < 4.78 is 5.15. The first kappa shape index (κ1) is 17.0. The molecule has 1 aliphatic rings. The Kier molecular flexibility index (Phi) is 8.11. The van der Waals surface area contributed by atoms with Crippen molar-refractivity contribution in [1.29, 1.82) is 0 Å². The van der Waals surface area contributed by atoms with Gasteiger partial charge in [-0.15, -0.1) is 24.0 Å². The van der Waals surface area contributed by atoms with Gasteiger partial charge in [-0.05, 0) is 38.5 Å². The van der Waals surface area contributed by atoms with Crippen LogP contribution >= 0.6 is 24.0 Å². The molecule has 102 valence electrons. The Morgan fingerprint density at radius 2 is 2.12 bits per heavy atom. The van der Waals surface area contributed by atoms with Gasteiger partial charge in [-0.1, -0.05) is 6.42 Å². The van der Waals surface area contributed by atoms with Crippen molar-refractivity contribution in [2.24, 2.45) is 16.1 Å². The zero-order valence-corrected chi connectivity index (χ0v) is 13.5. The van der Waals surface area contributed by atoms with Gasteiger partial charge in [-0.3, -0.25) is 4.99 Å². The number of nitrogens with one attached hydrogen (secondary N) is 1. The summed E-state index contributed by atoms with van der Waals surface area (Å²) in [7, 11) is 1.75. The van der Waals surface area contributed by atoms with Gasteiger partial charge < -0.3 is 15.8 Å². The van der Waals surface area contributed by atoms with Gasteiger partial charge in [0.25, 0.3) is 0 Å². The molecule has 17 heavy (non-hydrogen) atoms. The van der Waals surface area contributed by atoms with Gasteiger partial charge in [0, 0.05) is 26.3 Å². The zero-order valence-electron chi connectivity index (χ0n) is 11.2. The van der Waals surface area contributed by atoms with Gasteiger partial charge in [-0.2, -0.15) is 0 Å². The molecule has 0 radical (unpaired) electrons. The van der Waals surface area contributed by atoms with E-state index in [1.165, 1.54) is 19.3 Å². The van der Waals surface area contributed by atoms with Crippen LogP contribution in [-0.2, 0) is 4.74 Å². The quantitative estimate of drug-likeness (QED) is 0.436. The number of hydrogen-bond acceptors (Lipinski definition) is 2. The highest BCUT2D eigenvalue weighted by Gasteiger charge is 2.36. The summed E-state index contributed by atoms with van der Waals surface area (Å²) in [5.74, 6) is 0.568. The SMILES string of the molecule is COCCC1(CN=C(N)NC(C)C)CCC1.I. The van der Waals surface area contributed by atoms with E-state index < -0.39 is 0 Å². The fourth-order valence-corrected chi connectivity index (χ4v) is 2.08. The molecule has 0 amide bonds. The molecule has 0 bridgehead atoms. The number of hydrogen-bond donors (Lipinski definition) is 2. The topological polar surface area (TPSA) is 59.6 Å². The van der Waals surface area contributed by atoms with Crippen molar-refractivity contribution < 1.29 is 4.74 Å². The molecular weight excluding hydrogens is 329 g/mol. The van der Waals surface area contributed by atoms with E-state index in [0.717, 1.165) is 19.6 Å². The fraction of sp³-hybridized carbons (Fsp3) is 0.917. The third-order valence-corrected chi connectivity index (χ3v) is 3.27. The van der Waals surface area contributed by atoms with Crippen LogP contribution in [0.25, 0.3) is 0 Å². The van der Waals surface area contributed by atoms with Gasteiger partial charge in [0.2, 0.25) is 0 Å². The van der Waals surface area contributed by atoms with Crippen molar-refractivity contribution in [2.45, 2.75) is 45.6 Å². The zero-order chi connectivity index (χ0) is 12.0. The molecule has 0 aliphatic heterocycles. The third kappa shape index (κ3) is 5.90. The van der Waals surface area contributed by atoms with Gasteiger partial charge in [0.1, 0.15) is 0 Å². The molecule has 3 N–H and O–H groups in total. The van der Waals surface area contributed by atoms with E-state index in [-0.39, 0.29) is 24.0 Å². The Morgan fingerprint density at radius 1 is 1.47 bits per heavy atom. The molecule has 1 fully saturated rings. The summed E-state index contributed by atoms with van der Waals surface area (Å²) in [6.07, 6.45) is 4.93. The van der Waals surface area contributed by atoms with Crippen LogP contribution in [0.2, 0.25) is 0 Å². The first-order valence-electron chi connectivity index (χ1n) is 6.13. The van der Waals surface area contributed by atoms with Gasteiger partial charge in [0.05, 0.1) is 0 Å². The molecular formula is C12H26IN3O. The first-order valence-corrected chi connectivity index (χ1v) is 6.13. The minimum Gasteiger partial charge on any atom is -0.385 e. The van der Waals surface area contributed by atoms with E-state index >= 15 is 0 Å². The molecule has 0 saturated heterocycles. The smallest absolute Gasteiger partial charge is 0.188 e. The van der Waals surface area contributed by atoms with Gasteiger partial charge in [0.15, 0.2) is 5.96 Å². The number of methoxy groups -OCH3 is 1. The van der Waals surface area contributed by atoms with Crippen molar-refractivity contribution in [3.63, 3.8) is 0 Å². The molecule has 0 spiro atoms. The maximum Gasteiger partial charge on any atom is 0.188 e. The lowest BCUT2D eigenvalue weighted by molar-refractivity contribution is 0.0779. The Hall–Kier alpha value is -0.0400. The molecule has 1 aliphatic carbocycles. The molecule has 5 heteroatoms. The molecule has 0 aromatic heterocycles. The van der Waals surface area contributed by atoms with Crippen molar-refractivity contribution in [1.82, 2.24) is 5.32 Å². The van der Waals surface area contributed by atoms with Crippen LogP contribution in [0.5, 0.6) is 0 Å². The molecule has 1 saturated carbocycles. The highest BCUT2D eigenvalue weighted by atomic mass is 127. The number of aliphatic imine (C=N–C) groups is 1. The fourth-order valence-electron chi connectivity index (χ4n) is 2.08. The monoisotopic (exact) mass is 355 g/mol. The molecule has 0 heterocycles. The number of nitrogens with zero attached hydrogens (tertiary/aromatic N) is 1. The van der Waals surface area contributed by atoms with Crippen LogP contribution in [0.4, 0.5) is 0 Å². The van der Waals surface area contributed by atoms with Crippen molar-refractivity contribution in [3.8, 4) is 0 Å². The van der Waals surface area contributed by atoms with E-state index in [0.29, 0.717) is 17.4 Å². The average molecular weight is 355 g/mol. The number of guanidine groups is 1. The number of rotatable bonds is 6. The molecule has 0 unspecified atom stereocenters. The van der Waals surface area contributed by atoms with Crippen LogP contribution in [-0.4, -0.2) is 32.3 Å². The molecule has 0 aromatic rings. The van der Waals surface area contributed by atoms with Gasteiger partial charge in [-0.25, -0.2) is 0 Å². The Bertz CT molecular complexity index is 240. The second-order valence-corrected chi connectivity index (χ2v) is 5.10. The number of nitrogens with two attached hydrogens (primary N) is 1. The van der Waals surface area contributed by atoms with Crippen molar-refractivity contribution >= 4 is 29.9 Å². The molecule has 4 nitrogen and oxygen atoms in total. The predicted molar refractivity (Wildman–Crippen MR) is 83.0 cm³/mol. The second kappa shape index (κ2) is 8.13. The summed E-state index contributed by atoms with van der Waals surface area (Å²) in [5.41, 5.74) is 6.16. The lowest BCUT2D eigenvalue weighted by atomic mass is 9.67. The Balaban J connectivity index is 0.00000256.